The topological polar surface area (TPSA) is 107 Å². The van der Waals surface area contributed by atoms with Crippen LogP contribution in [0.2, 0.25) is 0 Å². The van der Waals surface area contributed by atoms with E-state index in [4.69, 9.17) is 9.47 Å². The lowest BCUT2D eigenvalue weighted by Crippen LogP contribution is -2.42. The number of hydrogen-bond donors (Lipinski definition) is 2. The minimum absolute atomic E-state index is 0.0723. The van der Waals surface area contributed by atoms with Gasteiger partial charge in [0, 0.05) is 32.2 Å². The summed E-state index contributed by atoms with van der Waals surface area (Å²) in [7, 11) is 0. The third-order valence-electron chi connectivity index (χ3n) is 3.61. The first-order valence-corrected chi connectivity index (χ1v) is 9.23. The highest BCUT2D eigenvalue weighted by Crippen LogP contribution is 2.29. The number of aromatic nitrogens is 1. The molecule has 1 saturated heterocycles. The van der Waals surface area contributed by atoms with Crippen molar-refractivity contribution in [3.05, 3.63) is 30.0 Å². The number of rotatable bonds is 5. The van der Waals surface area contributed by atoms with Crippen LogP contribution in [0.3, 0.4) is 0 Å². The van der Waals surface area contributed by atoms with Crippen LogP contribution in [0.15, 0.2) is 30.0 Å². The van der Waals surface area contributed by atoms with E-state index in [0.29, 0.717) is 17.2 Å². The van der Waals surface area contributed by atoms with Gasteiger partial charge in [0.2, 0.25) is 5.91 Å². The van der Waals surface area contributed by atoms with Gasteiger partial charge in [0.1, 0.15) is 0 Å². The van der Waals surface area contributed by atoms with Crippen LogP contribution >= 0.6 is 11.3 Å². The zero-order valence-corrected chi connectivity index (χ0v) is 15.9. The number of nitrogens with one attached hydrogen (secondary N) is 2. The van der Waals surface area contributed by atoms with Crippen LogP contribution in [0.4, 0.5) is 10.8 Å². The third-order valence-corrected chi connectivity index (χ3v) is 4.55. The lowest BCUT2D eigenvalue weighted by molar-refractivity contribution is -0.222. The predicted molar refractivity (Wildman–Crippen MR) is 101 cm³/mol. The molecule has 0 radical (unpaired) electrons. The first-order valence-electron chi connectivity index (χ1n) is 8.41. The van der Waals surface area contributed by atoms with Gasteiger partial charge in [-0.3, -0.25) is 4.79 Å². The highest BCUT2D eigenvalue weighted by Gasteiger charge is 2.38. The smallest absolute Gasteiger partial charge is 0.350 e. The molecule has 1 aromatic carbocycles. The number of amides is 1. The number of nitrogens with zero attached hydrogens (tertiary/aromatic N) is 1. The molecule has 0 spiro atoms. The molecule has 1 fully saturated rings. The van der Waals surface area contributed by atoms with Gasteiger partial charge in [0.25, 0.3) is 5.79 Å². The van der Waals surface area contributed by atoms with Gasteiger partial charge in [-0.15, -0.1) is 0 Å². The molecule has 27 heavy (non-hydrogen) atoms. The van der Waals surface area contributed by atoms with E-state index in [0.717, 1.165) is 16.6 Å². The Morgan fingerprint density at radius 3 is 2.63 bits per heavy atom. The zero-order chi connectivity index (χ0) is 19.6. The molecular weight excluding hydrogens is 370 g/mol. The van der Waals surface area contributed by atoms with Crippen molar-refractivity contribution >= 4 is 50.2 Å². The number of hydrogen-bond acceptors (Lipinski definition) is 8. The van der Waals surface area contributed by atoms with Crippen LogP contribution in [0.5, 0.6) is 0 Å². The Morgan fingerprint density at radius 1 is 1.26 bits per heavy atom. The molecule has 1 aromatic heterocycles. The number of ether oxygens (including phenoxy) is 2. The molecule has 2 N–H and O–H groups in total. The maximum Gasteiger partial charge on any atom is 0.350 e. The van der Waals surface area contributed by atoms with Gasteiger partial charge in [-0.1, -0.05) is 18.3 Å². The minimum Gasteiger partial charge on any atom is -0.419 e. The van der Waals surface area contributed by atoms with Gasteiger partial charge in [-0.05, 0) is 24.6 Å². The van der Waals surface area contributed by atoms with E-state index in [-0.39, 0.29) is 11.5 Å². The van der Waals surface area contributed by atoms with E-state index in [2.05, 4.69) is 15.6 Å². The molecule has 8 nitrogen and oxygen atoms in total. The second-order valence-corrected chi connectivity index (χ2v) is 7.41. The van der Waals surface area contributed by atoms with E-state index in [1.165, 1.54) is 31.4 Å². The molecule has 0 unspecified atom stereocenters. The van der Waals surface area contributed by atoms with Crippen molar-refractivity contribution in [1.82, 2.24) is 4.98 Å². The first kappa shape index (κ1) is 18.8. The molecule has 1 amide bonds. The van der Waals surface area contributed by atoms with Gasteiger partial charge < -0.3 is 20.1 Å². The number of cyclic esters (lactones) is 2. The number of thiazole rings is 1. The lowest BCUT2D eigenvalue weighted by atomic mass is 10.2. The van der Waals surface area contributed by atoms with Gasteiger partial charge in [-0.25, -0.2) is 14.6 Å². The average molecular weight is 389 g/mol. The molecule has 0 bridgehead atoms. The van der Waals surface area contributed by atoms with Crippen molar-refractivity contribution in [2.45, 2.75) is 39.4 Å². The van der Waals surface area contributed by atoms with Crippen LogP contribution in [-0.2, 0) is 23.9 Å². The van der Waals surface area contributed by atoms with Crippen molar-refractivity contribution in [1.29, 1.82) is 0 Å². The molecule has 0 saturated carbocycles. The fourth-order valence-corrected chi connectivity index (χ4v) is 3.33. The summed E-state index contributed by atoms with van der Waals surface area (Å²) in [5.41, 5.74) is 1.17. The van der Waals surface area contributed by atoms with E-state index in [9.17, 15) is 14.4 Å². The van der Waals surface area contributed by atoms with Gasteiger partial charge in [-0.2, -0.15) is 0 Å². The van der Waals surface area contributed by atoms with Crippen LogP contribution < -0.4 is 10.6 Å². The highest BCUT2D eigenvalue weighted by molar-refractivity contribution is 7.22. The van der Waals surface area contributed by atoms with E-state index < -0.39 is 17.7 Å². The first-order chi connectivity index (χ1) is 12.8. The predicted octanol–water partition coefficient (Wildman–Crippen LogP) is 3.17. The van der Waals surface area contributed by atoms with Crippen LogP contribution in [0.25, 0.3) is 10.2 Å². The molecule has 0 atom stereocenters. The van der Waals surface area contributed by atoms with Crippen molar-refractivity contribution in [2.24, 2.45) is 0 Å². The Labute approximate surface area is 159 Å². The maximum absolute atomic E-state index is 11.9. The second-order valence-electron chi connectivity index (χ2n) is 6.38. The molecule has 1 aliphatic rings. The summed E-state index contributed by atoms with van der Waals surface area (Å²) in [4.78, 5) is 39.9. The van der Waals surface area contributed by atoms with Crippen LogP contribution in [-0.4, -0.2) is 28.6 Å². The largest absolute Gasteiger partial charge is 0.419 e. The Bertz CT molecular complexity index is 926. The molecule has 1 aliphatic heterocycles. The average Bonchev–Trinajstić information content (AvgIpc) is 2.94. The van der Waals surface area contributed by atoms with Gasteiger partial charge in [0.15, 0.2) is 10.7 Å². The molecule has 2 aromatic rings. The quantitative estimate of drug-likeness (QED) is 0.459. The number of carbonyl (C=O) groups is 3. The number of carbonyl (C=O) groups excluding carboxylic acids is 3. The number of fused-ring (bicyclic) bond motifs is 1. The van der Waals surface area contributed by atoms with Crippen molar-refractivity contribution in [3.63, 3.8) is 0 Å². The SMILES string of the molecule is CCCC(=O)Nc1nc2ccc(NC=C3C(=O)OC(C)(C)OC3=O)cc2s1. The monoisotopic (exact) mass is 389 g/mol. The summed E-state index contributed by atoms with van der Waals surface area (Å²) in [6.45, 7) is 4.91. The van der Waals surface area contributed by atoms with E-state index in [1.54, 1.807) is 12.1 Å². The summed E-state index contributed by atoms with van der Waals surface area (Å²) >= 11 is 1.34. The van der Waals surface area contributed by atoms with Crippen molar-refractivity contribution in [2.75, 3.05) is 10.6 Å². The fourth-order valence-electron chi connectivity index (χ4n) is 2.41. The summed E-state index contributed by atoms with van der Waals surface area (Å²) < 4.78 is 10.9. The van der Waals surface area contributed by atoms with Crippen molar-refractivity contribution < 1.29 is 23.9 Å². The Kier molecular flexibility index (Phi) is 5.13. The summed E-state index contributed by atoms with van der Waals surface area (Å²) in [6, 6.07) is 5.34. The van der Waals surface area contributed by atoms with Crippen LogP contribution in [0, 0.1) is 0 Å². The Morgan fingerprint density at radius 2 is 1.96 bits per heavy atom. The summed E-state index contributed by atoms with van der Waals surface area (Å²) in [5.74, 6) is -2.84. The Hall–Kier alpha value is -2.94. The zero-order valence-electron chi connectivity index (χ0n) is 15.1. The Balaban J connectivity index is 1.75. The third kappa shape index (κ3) is 4.43. The van der Waals surface area contributed by atoms with Gasteiger partial charge >= 0.3 is 11.9 Å². The molecule has 142 valence electrons. The molecule has 9 heteroatoms. The minimum atomic E-state index is -1.27. The summed E-state index contributed by atoms with van der Waals surface area (Å²) in [6.07, 6.45) is 2.47. The molecule has 2 heterocycles. The van der Waals surface area contributed by atoms with Gasteiger partial charge in [0.05, 0.1) is 10.2 Å². The fraction of sp³-hybridized carbons (Fsp3) is 0.333. The molecule has 3 rings (SSSR count). The lowest BCUT2D eigenvalue weighted by Gasteiger charge is -2.29. The molecule has 0 aliphatic carbocycles. The second kappa shape index (κ2) is 7.36. The van der Waals surface area contributed by atoms with Crippen LogP contribution in [0.1, 0.15) is 33.6 Å². The summed E-state index contributed by atoms with van der Waals surface area (Å²) in [5, 5.41) is 6.19. The van der Waals surface area contributed by atoms with Crippen molar-refractivity contribution in [3.8, 4) is 0 Å². The van der Waals surface area contributed by atoms with E-state index in [1.807, 2.05) is 13.0 Å². The number of esters is 2. The number of anilines is 2. The maximum atomic E-state index is 11.9. The standard InChI is InChI=1S/C18H19N3O5S/c1-4-5-14(22)21-17-20-12-7-6-10(8-13(12)27-17)19-9-11-15(23)25-18(2,3)26-16(11)24/h6-9,19H,4-5H2,1-3H3,(H,20,21,22). The molecular formula is C18H19N3O5S. The normalized spacial score (nSPS) is 15.9. The highest BCUT2D eigenvalue weighted by atomic mass is 32.1. The van der Waals surface area contributed by atoms with E-state index >= 15 is 0 Å². The number of benzene rings is 1.